The Kier molecular flexibility index (Phi) is 8.87. The Bertz CT molecular complexity index is 1630. The van der Waals surface area contributed by atoms with Crippen LogP contribution in [0.3, 0.4) is 0 Å². The van der Waals surface area contributed by atoms with Crippen LogP contribution in [-0.4, -0.2) is 103 Å². The smallest absolute Gasteiger partial charge is 0.410 e. The number of rotatable bonds is 7. The van der Waals surface area contributed by atoms with Gasteiger partial charge in [-0.15, -0.1) is 0 Å². The number of likely N-dealkylation sites (N-methyl/N-ethyl adjacent to an activating group) is 1. The predicted molar refractivity (Wildman–Crippen MR) is 185 cm³/mol. The van der Waals surface area contributed by atoms with Crippen molar-refractivity contribution in [2.45, 2.75) is 76.7 Å². The number of carbonyl (C=O) groups excluding carboxylic acids is 1. The van der Waals surface area contributed by atoms with Crippen molar-refractivity contribution in [3.63, 3.8) is 0 Å². The number of fused-ring (bicyclic) bond motifs is 4. The Morgan fingerprint density at radius 1 is 1.04 bits per heavy atom. The summed E-state index contributed by atoms with van der Waals surface area (Å²) in [5, 5.41) is 2.94. The van der Waals surface area contributed by atoms with Gasteiger partial charge in [0.25, 0.3) is 0 Å². The van der Waals surface area contributed by atoms with Crippen LogP contribution in [0.2, 0.25) is 5.02 Å². The van der Waals surface area contributed by atoms with E-state index < -0.39 is 5.60 Å². The van der Waals surface area contributed by atoms with Gasteiger partial charge in [-0.05, 0) is 77.6 Å². The maximum absolute atomic E-state index is 13.5. The molecular formula is C36H47ClN6O4. The van der Waals surface area contributed by atoms with E-state index in [0.717, 1.165) is 70.9 Å². The molecule has 3 saturated heterocycles. The molecule has 2 bridgehead atoms. The zero-order valence-electron chi connectivity index (χ0n) is 28.2. The Labute approximate surface area is 282 Å². The molecule has 4 aliphatic heterocycles. The van der Waals surface area contributed by atoms with Crippen LogP contribution in [0.5, 0.6) is 6.01 Å². The number of nitrogens with zero attached hydrogens (tertiary/aromatic N) is 6. The van der Waals surface area contributed by atoms with Crippen LogP contribution in [-0.2, 0) is 22.4 Å². The molecular weight excluding hydrogens is 616 g/mol. The maximum atomic E-state index is 13.5. The Hall–Kier alpha value is -3.34. The molecule has 10 nitrogen and oxygen atoms in total. The summed E-state index contributed by atoms with van der Waals surface area (Å²) < 4.78 is 17.9. The molecule has 0 aliphatic carbocycles. The van der Waals surface area contributed by atoms with Crippen LogP contribution in [0.25, 0.3) is 10.8 Å². The van der Waals surface area contributed by atoms with Crippen molar-refractivity contribution >= 4 is 40.0 Å². The van der Waals surface area contributed by atoms with E-state index in [4.69, 9.17) is 35.8 Å². The number of piperazine rings is 1. The van der Waals surface area contributed by atoms with Crippen LogP contribution in [0.4, 0.5) is 16.3 Å². The molecule has 4 atom stereocenters. The molecule has 47 heavy (non-hydrogen) atoms. The molecule has 5 heterocycles. The second-order valence-electron chi connectivity index (χ2n) is 14.6. The summed E-state index contributed by atoms with van der Waals surface area (Å²) in [6, 6.07) is 13.2. The molecule has 0 spiro atoms. The fourth-order valence-electron chi connectivity index (χ4n) is 8.06. The first-order chi connectivity index (χ1) is 22.6. The molecule has 7 rings (SSSR count). The van der Waals surface area contributed by atoms with E-state index in [1.807, 2.05) is 37.8 Å². The van der Waals surface area contributed by atoms with Crippen LogP contribution in [0.15, 0.2) is 36.4 Å². The van der Waals surface area contributed by atoms with Crippen LogP contribution in [0, 0.1) is 5.92 Å². The highest BCUT2D eigenvalue weighted by molar-refractivity contribution is 6.36. The maximum Gasteiger partial charge on any atom is 0.410 e. The van der Waals surface area contributed by atoms with Gasteiger partial charge in [0.15, 0.2) is 0 Å². The number of ether oxygens (including phenoxy) is 3. The number of benzene rings is 2. The summed E-state index contributed by atoms with van der Waals surface area (Å²) in [5.41, 5.74) is 2.69. The van der Waals surface area contributed by atoms with E-state index in [1.54, 1.807) is 7.11 Å². The number of hydrogen-bond acceptors (Lipinski definition) is 9. The molecule has 0 radical (unpaired) electrons. The van der Waals surface area contributed by atoms with Gasteiger partial charge in [-0.2, -0.15) is 9.97 Å². The van der Waals surface area contributed by atoms with Gasteiger partial charge in [-0.3, -0.25) is 4.90 Å². The SMILES string of the molecule is COCC1C[C@@H]2CN(c3nc(OC[C@@H]4CCCN4C)nc4c3CCN(c3cccc5cccc(Cl)c35)C4)CC1N2C(=O)OC(C)(C)C. The standard InChI is InChI=1S/C36H47ClN6O4/c1-36(2,3)47-35(44)43-26-17-24(21-45-5)31(43)20-42(18-26)33-27-14-16-41(30-13-7-10-23-9-6-12-28(37)32(23)30)19-29(27)38-34(39-33)46-22-25-11-8-15-40(25)4/h6-7,9-10,12-13,24-26,31H,8,11,14-22H2,1-5H3/t24?,25-,26+,31?/m0/s1. The third-order valence-corrected chi connectivity index (χ3v) is 10.6. The summed E-state index contributed by atoms with van der Waals surface area (Å²) in [6.07, 6.45) is 3.70. The Morgan fingerprint density at radius 3 is 2.60 bits per heavy atom. The number of hydrogen-bond donors (Lipinski definition) is 0. The number of methoxy groups -OCH3 is 1. The minimum atomic E-state index is -0.560. The van der Waals surface area contributed by atoms with Crippen LogP contribution < -0.4 is 14.5 Å². The summed E-state index contributed by atoms with van der Waals surface area (Å²) >= 11 is 6.76. The highest BCUT2D eigenvalue weighted by Crippen LogP contribution is 2.41. The zero-order chi connectivity index (χ0) is 32.9. The van der Waals surface area contributed by atoms with E-state index in [1.165, 1.54) is 6.42 Å². The third-order valence-electron chi connectivity index (χ3n) is 10.3. The van der Waals surface area contributed by atoms with Gasteiger partial charge in [0, 0.05) is 55.3 Å². The lowest BCUT2D eigenvalue weighted by molar-refractivity contribution is 0.00856. The van der Waals surface area contributed by atoms with E-state index in [0.29, 0.717) is 44.9 Å². The van der Waals surface area contributed by atoms with Crippen molar-refractivity contribution in [1.29, 1.82) is 0 Å². The van der Waals surface area contributed by atoms with Crippen molar-refractivity contribution in [3.05, 3.63) is 52.7 Å². The van der Waals surface area contributed by atoms with Crippen molar-refractivity contribution in [3.8, 4) is 6.01 Å². The first-order valence-corrected chi connectivity index (χ1v) is 17.4. The molecule has 11 heteroatoms. The molecule has 3 aromatic rings. The second-order valence-corrected chi connectivity index (χ2v) is 15.0. The fourth-order valence-corrected chi connectivity index (χ4v) is 8.34. The quantitative estimate of drug-likeness (QED) is 0.313. The van der Waals surface area contributed by atoms with Crippen molar-refractivity contribution < 1.29 is 19.0 Å². The molecule has 0 N–H and O–H groups in total. The minimum Gasteiger partial charge on any atom is -0.462 e. The van der Waals surface area contributed by atoms with Gasteiger partial charge in [-0.25, -0.2) is 4.79 Å². The summed E-state index contributed by atoms with van der Waals surface area (Å²) in [6.45, 7) is 10.8. The van der Waals surface area contributed by atoms with Gasteiger partial charge < -0.3 is 28.9 Å². The molecule has 2 unspecified atom stereocenters. The number of aromatic nitrogens is 2. The van der Waals surface area contributed by atoms with Crippen molar-refractivity contribution in [2.75, 3.05) is 63.4 Å². The number of carbonyl (C=O) groups is 1. The van der Waals surface area contributed by atoms with Gasteiger partial charge in [-0.1, -0.05) is 35.9 Å². The van der Waals surface area contributed by atoms with Crippen LogP contribution in [0.1, 0.15) is 51.3 Å². The molecule has 1 amide bonds. The highest BCUT2D eigenvalue weighted by Gasteiger charge is 2.50. The Morgan fingerprint density at radius 2 is 1.85 bits per heavy atom. The number of amides is 1. The molecule has 0 saturated carbocycles. The number of likely N-dealkylation sites (tertiary alicyclic amines) is 1. The average Bonchev–Trinajstić information content (AvgIpc) is 3.55. The molecule has 3 fully saturated rings. The number of halogens is 1. The molecule has 2 aromatic carbocycles. The van der Waals surface area contributed by atoms with E-state index in [9.17, 15) is 4.79 Å². The van der Waals surface area contributed by atoms with Gasteiger partial charge in [0.05, 0.1) is 36.0 Å². The average molecular weight is 663 g/mol. The molecule has 4 aliphatic rings. The first kappa shape index (κ1) is 32.2. The largest absolute Gasteiger partial charge is 0.462 e. The van der Waals surface area contributed by atoms with Crippen molar-refractivity contribution in [1.82, 2.24) is 19.8 Å². The zero-order valence-corrected chi connectivity index (χ0v) is 29.0. The molecule has 252 valence electrons. The lowest BCUT2D eigenvalue weighted by atomic mass is 10.0. The van der Waals surface area contributed by atoms with Crippen LogP contribution >= 0.6 is 11.6 Å². The number of anilines is 2. The summed E-state index contributed by atoms with van der Waals surface area (Å²) in [5.74, 6) is 1.15. The topological polar surface area (TPSA) is 83.5 Å². The minimum absolute atomic E-state index is 0.00351. The summed E-state index contributed by atoms with van der Waals surface area (Å²) in [7, 11) is 3.89. The predicted octanol–water partition coefficient (Wildman–Crippen LogP) is 5.78. The summed E-state index contributed by atoms with van der Waals surface area (Å²) in [4.78, 5) is 32.7. The lowest BCUT2D eigenvalue weighted by Crippen LogP contribution is -2.58. The molecule has 1 aromatic heterocycles. The highest BCUT2D eigenvalue weighted by atomic mass is 35.5. The monoisotopic (exact) mass is 662 g/mol. The van der Waals surface area contributed by atoms with Crippen molar-refractivity contribution in [2.24, 2.45) is 5.92 Å². The third kappa shape index (κ3) is 6.44. The van der Waals surface area contributed by atoms with E-state index in [-0.39, 0.29) is 24.1 Å². The second kappa shape index (κ2) is 12.9. The lowest BCUT2D eigenvalue weighted by Gasteiger charge is -2.43. The van der Waals surface area contributed by atoms with E-state index in [2.05, 4.69) is 46.0 Å². The van der Waals surface area contributed by atoms with Gasteiger partial charge in [0.1, 0.15) is 18.0 Å². The van der Waals surface area contributed by atoms with Gasteiger partial charge >= 0.3 is 12.1 Å². The van der Waals surface area contributed by atoms with Gasteiger partial charge in [0.2, 0.25) is 0 Å². The first-order valence-electron chi connectivity index (χ1n) is 17.0. The normalized spacial score (nSPS) is 24.6. The van der Waals surface area contributed by atoms with E-state index >= 15 is 0 Å². The Balaban J connectivity index is 1.22. The fraction of sp³-hybridized carbons (Fsp3) is 0.583.